The number of hydrogen-bond donors (Lipinski definition) is 0. The third kappa shape index (κ3) is 2.30. The zero-order chi connectivity index (χ0) is 16.7. The van der Waals surface area contributed by atoms with Gasteiger partial charge in [0.05, 0.1) is 16.5 Å². The molecule has 5 heteroatoms. The topological polar surface area (TPSA) is 60.4 Å². The van der Waals surface area contributed by atoms with Gasteiger partial charge in [-0.2, -0.15) is 0 Å². The number of carbonyl (C=O) groups excluding carboxylic acids is 1. The van der Waals surface area contributed by atoms with Crippen molar-refractivity contribution < 1.29 is 13.6 Å². The highest BCUT2D eigenvalue weighted by molar-refractivity contribution is 7.12. The summed E-state index contributed by atoms with van der Waals surface area (Å²) >= 11 is 1.29. The fraction of sp³-hybridized carbons (Fsp3) is 0.0526. The minimum absolute atomic E-state index is 0.00509. The van der Waals surface area contributed by atoms with E-state index in [4.69, 9.17) is 8.83 Å². The van der Waals surface area contributed by atoms with Crippen LogP contribution in [0.5, 0.6) is 0 Å². The van der Waals surface area contributed by atoms with E-state index in [-0.39, 0.29) is 22.5 Å². The Kier molecular flexibility index (Phi) is 3.43. The molecule has 1 aromatic carbocycles. The zero-order valence-electron chi connectivity index (χ0n) is 12.7. The molecular weight excluding hydrogens is 324 g/mol. The monoisotopic (exact) mass is 336 g/mol. The van der Waals surface area contributed by atoms with E-state index in [1.54, 1.807) is 41.8 Å². The summed E-state index contributed by atoms with van der Waals surface area (Å²) in [4.78, 5) is 26.4. The summed E-state index contributed by atoms with van der Waals surface area (Å²) in [6.07, 6.45) is 1.48. The van der Waals surface area contributed by atoms with Gasteiger partial charge < -0.3 is 8.83 Å². The molecule has 24 heavy (non-hydrogen) atoms. The fourth-order valence-electron chi connectivity index (χ4n) is 2.63. The average Bonchev–Trinajstić information content (AvgIpc) is 3.28. The lowest BCUT2D eigenvalue weighted by atomic mass is 10.0. The summed E-state index contributed by atoms with van der Waals surface area (Å²) < 4.78 is 11.3. The molecule has 4 rings (SSSR count). The molecular formula is C19H12O4S. The standard InChI is InChI=1S/C19H12O4S/c1-11-6-7-13-12(10-11)17(20)16(18(21)15-5-3-9-24-15)19(23-13)14-4-2-8-22-14/h2-10H,1H3. The summed E-state index contributed by atoms with van der Waals surface area (Å²) in [6, 6.07) is 12.2. The van der Waals surface area contributed by atoms with Gasteiger partial charge in [0.2, 0.25) is 11.2 Å². The van der Waals surface area contributed by atoms with Crippen LogP contribution in [0.4, 0.5) is 0 Å². The summed E-state index contributed by atoms with van der Waals surface area (Å²) in [5, 5.41) is 2.19. The second-order valence-electron chi connectivity index (χ2n) is 5.42. The summed E-state index contributed by atoms with van der Waals surface area (Å²) in [7, 11) is 0. The highest BCUT2D eigenvalue weighted by Crippen LogP contribution is 2.29. The molecule has 4 aromatic rings. The third-order valence-electron chi connectivity index (χ3n) is 3.76. The van der Waals surface area contributed by atoms with Gasteiger partial charge in [-0.05, 0) is 42.6 Å². The second-order valence-corrected chi connectivity index (χ2v) is 6.37. The highest BCUT2D eigenvalue weighted by Gasteiger charge is 2.25. The molecule has 0 spiro atoms. The molecule has 118 valence electrons. The lowest BCUT2D eigenvalue weighted by Crippen LogP contribution is -2.17. The van der Waals surface area contributed by atoms with Crippen LogP contribution in [0.3, 0.4) is 0 Å². The van der Waals surface area contributed by atoms with Gasteiger partial charge in [0.1, 0.15) is 11.1 Å². The van der Waals surface area contributed by atoms with Crippen molar-refractivity contribution in [1.29, 1.82) is 0 Å². The Balaban J connectivity index is 2.09. The first-order valence-corrected chi connectivity index (χ1v) is 8.22. The number of fused-ring (bicyclic) bond motifs is 1. The van der Waals surface area contributed by atoms with Crippen molar-refractivity contribution in [2.75, 3.05) is 0 Å². The number of benzene rings is 1. The minimum atomic E-state index is -0.353. The lowest BCUT2D eigenvalue weighted by molar-refractivity contribution is 0.104. The van der Waals surface area contributed by atoms with Crippen LogP contribution in [-0.2, 0) is 0 Å². The van der Waals surface area contributed by atoms with Gasteiger partial charge in [-0.25, -0.2) is 0 Å². The maximum absolute atomic E-state index is 13.0. The smallest absolute Gasteiger partial charge is 0.210 e. The van der Waals surface area contributed by atoms with Crippen LogP contribution in [0.15, 0.2) is 67.7 Å². The van der Waals surface area contributed by atoms with Crippen molar-refractivity contribution in [1.82, 2.24) is 0 Å². The highest BCUT2D eigenvalue weighted by atomic mass is 32.1. The van der Waals surface area contributed by atoms with E-state index >= 15 is 0 Å². The van der Waals surface area contributed by atoms with Gasteiger partial charge in [-0.15, -0.1) is 11.3 Å². The summed E-state index contributed by atoms with van der Waals surface area (Å²) in [5.74, 6) is 0.169. The van der Waals surface area contributed by atoms with Gasteiger partial charge in [-0.3, -0.25) is 9.59 Å². The number of carbonyl (C=O) groups is 1. The van der Waals surface area contributed by atoms with Crippen LogP contribution in [0, 0.1) is 6.92 Å². The zero-order valence-corrected chi connectivity index (χ0v) is 13.6. The van der Waals surface area contributed by atoms with E-state index in [9.17, 15) is 9.59 Å². The van der Waals surface area contributed by atoms with Crippen molar-refractivity contribution in [3.8, 4) is 11.5 Å². The Morgan fingerprint density at radius 1 is 1.12 bits per heavy atom. The Morgan fingerprint density at radius 3 is 2.71 bits per heavy atom. The molecule has 0 saturated heterocycles. The van der Waals surface area contributed by atoms with E-state index in [0.29, 0.717) is 21.6 Å². The number of hydrogen-bond acceptors (Lipinski definition) is 5. The first-order chi connectivity index (χ1) is 11.6. The van der Waals surface area contributed by atoms with Gasteiger partial charge in [0.25, 0.3) is 0 Å². The van der Waals surface area contributed by atoms with Gasteiger partial charge in [0, 0.05) is 0 Å². The third-order valence-corrected chi connectivity index (χ3v) is 4.63. The predicted molar refractivity (Wildman–Crippen MR) is 92.7 cm³/mol. The number of aryl methyl sites for hydroxylation is 1. The van der Waals surface area contributed by atoms with E-state index < -0.39 is 0 Å². The number of furan rings is 1. The van der Waals surface area contributed by atoms with Crippen LogP contribution in [0.1, 0.15) is 20.8 Å². The molecule has 0 aliphatic heterocycles. The molecule has 0 aliphatic carbocycles. The Morgan fingerprint density at radius 2 is 2.00 bits per heavy atom. The van der Waals surface area contributed by atoms with E-state index in [2.05, 4.69) is 0 Å². The molecule has 0 saturated carbocycles. The average molecular weight is 336 g/mol. The van der Waals surface area contributed by atoms with Gasteiger partial charge >= 0.3 is 0 Å². The van der Waals surface area contributed by atoms with Crippen molar-refractivity contribution in [3.63, 3.8) is 0 Å². The van der Waals surface area contributed by atoms with Crippen molar-refractivity contribution >= 4 is 28.1 Å². The van der Waals surface area contributed by atoms with Crippen molar-refractivity contribution in [2.45, 2.75) is 6.92 Å². The molecule has 0 atom stereocenters. The van der Waals surface area contributed by atoms with Gasteiger partial charge in [-0.1, -0.05) is 17.7 Å². The van der Waals surface area contributed by atoms with Crippen LogP contribution in [-0.4, -0.2) is 5.78 Å². The minimum Gasteiger partial charge on any atom is -0.461 e. The molecule has 0 bridgehead atoms. The fourth-order valence-corrected chi connectivity index (χ4v) is 3.30. The maximum atomic E-state index is 13.0. The molecule has 0 N–H and O–H groups in total. The Hall–Kier alpha value is -2.92. The molecule has 4 nitrogen and oxygen atoms in total. The van der Waals surface area contributed by atoms with Crippen molar-refractivity contribution in [2.24, 2.45) is 0 Å². The number of thiophene rings is 1. The maximum Gasteiger partial charge on any atom is 0.210 e. The molecule has 0 fully saturated rings. The molecule has 0 amide bonds. The molecule has 3 heterocycles. The second kappa shape index (κ2) is 5.62. The first kappa shape index (κ1) is 14.7. The Bertz CT molecular complexity index is 1090. The van der Waals surface area contributed by atoms with Crippen LogP contribution in [0.2, 0.25) is 0 Å². The largest absolute Gasteiger partial charge is 0.461 e. The normalized spacial score (nSPS) is 11.0. The van der Waals surface area contributed by atoms with Crippen LogP contribution >= 0.6 is 11.3 Å². The quantitative estimate of drug-likeness (QED) is 0.511. The summed E-state index contributed by atoms with van der Waals surface area (Å²) in [6.45, 7) is 1.89. The molecule has 3 aromatic heterocycles. The van der Waals surface area contributed by atoms with Crippen LogP contribution in [0.25, 0.3) is 22.5 Å². The molecule has 0 aliphatic rings. The van der Waals surface area contributed by atoms with E-state index in [1.807, 2.05) is 13.0 Å². The SMILES string of the molecule is Cc1ccc2oc(-c3ccco3)c(C(=O)c3cccs3)c(=O)c2c1. The van der Waals surface area contributed by atoms with E-state index in [1.165, 1.54) is 17.6 Å². The molecule has 0 radical (unpaired) electrons. The lowest BCUT2D eigenvalue weighted by Gasteiger charge is -2.07. The summed E-state index contributed by atoms with van der Waals surface area (Å²) in [5.41, 5.74) is 1.02. The van der Waals surface area contributed by atoms with Gasteiger partial charge in [0.15, 0.2) is 11.5 Å². The number of ketones is 1. The van der Waals surface area contributed by atoms with Crippen LogP contribution < -0.4 is 5.43 Å². The Labute approximate surface area is 141 Å². The van der Waals surface area contributed by atoms with Crippen molar-refractivity contribution in [3.05, 3.63) is 80.3 Å². The number of rotatable bonds is 3. The first-order valence-electron chi connectivity index (χ1n) is 7.34. The van der Waals surface area contributed by atoms with E-state index in [0.717, 1.165) is 5.56 Å². The molecule has 0 unspecified atom stereocenters. The predicted octanol–water partition coefficient (Wildman–Crippen LogP) is 4.65.